The van der Waals surface area contributed by atoms with E-state index < -0.39 is 0 Å². The molecule has 0 unspecified atom stereocenters. The second-order valence-electron chi connectivity index (χ2n) is 5.03. The van der Waals surface area contributed by atoms with Crippen LogP contribution in [0.5, 0.6) is 0 Å². The Morgan fingerprint density at radius 3 is 2.32 bits per heavy atom. The minimum atomic E-state index is 0.452. The van der Waals surface area contributed by atoms with Gasteiger partial charge in [-0.3, -0.25) is 0 Å². The molecule has 1 aromatic carbocycles. The van der Waals surface area contributed by atoms with Crippen molar-refractivity contribution < 1.29 is 4.42 Å². The Morgan fingerprint density at radius 2 is 1.63 bits per heavy atom. The molecule has 0 aromatic heterocycles. The molecular formula is C17H15ClO. The van der Waals surface area contributed by atoms with Gasteiger partial charge >= 0.3 is 0 Å². The Balaban J connectivity index is 2.18. The van der Waals surface area contributed by atoms with Gasteiger partial charge < -0.3 is 4.42 Å². The van der Waals surface area contributed by atoms with Crippen LogP contribution in [0, 0.1) is 0 Å². The molecule has 0 atom stereocenters. The van der Waals surface area contributed by atoms with Gasteiger partial charge in [-0.25, -0.2) is 0 Å². The summed E-state index contributed by atoms with van der Waals surface area (Å²) in [6.07, 6.45) is 1.87. The normalized spacial score (nSPS) is 11.4. The number of hydrogen-bond donors (Lipinski definition) is 0. The highest BCUT2D eigenvalue weighted by atomic mass is 35.5. The van der Waals surface area contributed by atoms with E-state index in [0.717, 1.165) is 21.9 Å². The van der Waals surface area contributed by atoms with E-state index in [0.29, 0.717) is 5.92 Å². The van der Waals surface area contributed by atoms with Crippen molar-refractivity contribution in [2.45, 2.75) is 19.8 Å². The second-order valence-corrected chi connectivity index (χ2v) is 5.47. The zero-order chi connectivity index (χ0) is 13.4. The van der Waals surface area contributed by atoms with Gasteiger partial charge in [-0.1, -0.05) is 43.6 Å². The number of halogens is 1. The lowest BCUT2D eigenvalue weighted by Crippen LogP contribution is -1.93. The van der Waals surface area contributed by atoms with Crippen LogP contribution >= 0.6 is 11.6 Å². The molecular weight excluding hydrogens is 256 g/mol. The van der Waals surface area contributed by atoms with Gasteiger partial charge in [0.2, 0.25) is 0 Å². The maximum absolute atomic E-state index is 5.93. The van der Waals surface area contributed by atoms with Crippen LogP contribution in [-0.2, 0) is 0 Å². The van der Waals surface area contributed by atoms with Crippen LogP contribution < -0.4 is 0 Å². The van der Waals surface area contributed by atoms with Crippen molar-refractivity contribution in [1.82, 2.24) is 0 Å². The lowest BCUT2D eigenvalue weighted by atomic mass is 9.95. The van der Waals surface area contributed by atoms with Crippen LogP contribution in [0.1, 0.15) is 25.3 Å². The van der Waals surface area contributed by atoms with Crippen molar-refractivity contribution in [2.24, 2.45) is 0 Å². The zero-order valence-corrected chi connectivity index (χ0v) is 11.7. The fourth-order valence-corrected chi connectivity index (χ4v) is 2.52. The van der Waals surface area contributed by atoms with E-state index >= 15 is 0 Å². The summed E-state index contributed by atoms with van der Waals surface area (Å²) in [5, 5.41) is 0.737. The maximum Gasteiger partial charge on any atom is 0.141 e. The molecule has 0 saturated heterocycles. The monoisotopic (exact) mass is 270 g/mol. The average molecular weight is 271 g/mol. The molecule has 19 heavy (non-hydrogen) atoms. The van der Waals surface area contributed by atoms with Crippen LogP contribution in [0.15, 0.2) is 53.1 Å². The van der Waals surface area contributed by atoms with E-state index in [9.17, 15) is 0 Å². The lowest BCUT2D eigenvalue weighted by molar-refractivity contribution is 0.554. The predicted molar refractivity (Wildman–Crippen MR) is 79.9 cm³/mol. The molecule has 1 heterocycles. The molecule has 2 heteroatoms. The standard InChI is InChI=1S/C17H15ClO/c1-11(2)16-10-19-17(15-5-3-4-14(15)16)12-6-8-13(18)9-7-12/h3-11H,1-2H3. The van der Waals surface area contributed by atoms with Crippen molar-refractivity contribution in [1.29, 1.82) is 0 Å². The van der Waals surface area contributed by atoms with Gasteiger partial charge in [-0.05, 0) is 41.3 Å². The zero-order valence-electron chi connectivity index (χ0n) is 11.0. The van der Waals surface area contributed by atoms with Gasteiger partial charge in [0.05, 0.1) is 6.26 Å². The molecule has 96 valence electrons. The van der Waals surface area contributed by atoms with Crippen LogP contribution in [0.4, 0.5) is 0 Å². The first-order chi connectivity index (χ1) is 9.16. The Labute approximate surface area is 118 Å². The highest BCUT2D eigenvalue weighted by Gasteiger charge is 2.17. The molecule has 0 fully saturated rings. The predicted octanol–water partition coefficient (Wildman–Crippen LogP) is 5.83. The van der Waals surface area contributed by atoms with E-state index in [1.807, 2.05) is 30.5 Å². The molecule has 3 rings (SSSR count). The first-order valence-electron chi connectivity index (χ1n) is 6.43. The Hall–Kier alpha value is -1.73. The third kappa shape index (κ3) is 2.15. The summed E-state index contributed by atoms with van der Waals surface area (Å²) in [5.41, 5.74) is 4.73. The summed E-state index contributed by atoms with van der Waals surface area (Å²) in [5.74, 6) is 1.36. The van der Waals surface area contributed by atoms with Crippen LogP contribution in [0.3, 0.4) is 0 Å². The topological polar surface area (TPSA) is 13.1 Å². The molecule has 1 aliphatic carbocycles. The minimum absolute atomic E-state index is 0.452. The van der Waals surface area contributed by atoms with Gasteiger partial charge in [-0.15, -0.1) is 0 Å². The minimum Gasteiger partial charge on any atom is -0.463 e. The second kappa shape index (κ2) is 4.75. The van der Waals surface area contributed by atoms with Crippen LogP contribution in [0.25, 0.3) is 22.5 Å². The van der Waals surface area contributed by atoms with Crippen molar-refractivity contribution in [3.63, 3.8) is 0 Å². The first-order valence-corrected chi connectivity index (χ1v) is 6.80. The highest BCUT2D eigenvalue weighted by Crippen LogP contribution is 2.39. The average Bonchev–Trinajstić information content (AvgIpc) is 2.87. The quantitative estimate of drug-likeness (QED) is 0.571. The lowest BCUT2D eigenvalue weighted by Gasteiger charge is -2.14. The number of rotatable bonds is 2. The van der Waals surface area contributed by atoms with Crippen LogP contribution in [-0.4, -0.2) is 0 Å². The van der Waals surface area contributed by atoms with Crippen LogP contribution in [0.2, 0.25) is 5.02 Å². The molecule has 1 aliphatic heterocycles. The van der Waals surface area contributed by atoms with Gasteiger partial charge in [0.25, 0.3) is 0 Å². The summed E-state index contributed by atoms with van der Waals surface area (Å²) >= 11 is 5.93. The third-order valence-corrected chi connectivity index (χ3v) is 3.66. The molecule has 0 amide bonds. The molecule has 0 bridgehead atoms. The molecule has 0 saturated carbocycles. The van der Waals surface area contributed by atoms with E-state index in [1.165, 1.54) is 11.1 Å². The first kappa shape index (κ1) is 12.3. The SMILES string of the molecule is CC(C)c1coc(-c2ccc(Cl)cc2)c2cccc1-2. The number of benzene rings is 1. The van der Waals surface area contributed by atoms with E-state index in [2.05, 4.69) is 32.0 Å². The highest BCUT2D eigenvalue weighted by molar-refractivity contribution is 6.30. The Bertz CT molecular complexity index is 664. The molecule has 0 spiro atoms. The summed E-state index contributed by atoms with van der Waals surface area (Å²) in [4.78, 5) is 0. The van der Waals surface area contributed by atoms with E-state index in [1.54, 1.807) is 0 Å². The van der Waals surface area contributed by atoms with Crippen molar-refractivity contribution in [3.05, 3.63) is 59.3 Å². The van der Waals surface area contributed by atoms with Gasteiger partial charge in [0.15, 0.2) is 0 Å². The number of fused-ring (bicyclic) bond motifs is 1. The smallest absolute Gasteiger partial charge is 0.141 e. The molecule has 2 aliphatic rings. The van der Waals surface area contributed by atoms with E-state index in [4.69, 9.17) is 16.0 Å². The van der Waals surface area contributed by atoms with Gasteiger partial charge in [0.1, 0.15) is 5.76 Å². The number of hydrogen-bond acceptors (Lipinski definition) is 1. The third-order valence-electron chi connectivity index (χ3n) is 3.40. The summed E-state index contributed by atoms with van der Waals surface area (Å²) in [6, 6.07) is 14.1. The fraction of sp³-hybridized carbons (Fsp3) is 0.176. The summed E-state index contributed by atoms with van der Waals surface area (Å²) in [6.45, 7) is 4.36. The molecule has 1 nitrogen and oxygen atoms in total. The largest absolute Gasteiger partial charge is 0.463 e. The maximum atomic E-state index is 5.93. The molecule has 0 radical (unpaired) electrons. The van der Waals surface area contributed by atoms with Gasteiger partial charge in [0, 0.05) is 16.1 Å². The molecule has 0 N–H and O–H groups in total. The van der Waals surface area contributed by atoms with Crippen molar-refractivity contribution >= 4 is 11.6 Å². The summed E-state index contributed by atoms with van der Waals surface area (Å²) < 4.78 is 5.87. The summed E-state index contributed by atoms with van der Waals surface area (Å²) in [7, 11) is 0. The van der Waals surface area contributed by atoms with Gasteiger partial charge in [-0.2, -0.15) is 0 Å². The van der Waals surface area contributed by atoms with E-state index in [-0.39, 0.29) is 0 Å². The Morgan fingerprint density at radius 1 is 0.947 bits per heavy atom. The fourth-order valence-electron chi connectivity index (χ4n) is 2.39. The van der Waals surface area contributed by atoms with Crippen molar-refractivity contribution in [2.75, 3.05) is 0 Å². The van der Waals surface area contributed by atoms with Crippen molar-refractivity contribution in [3.8, 4) is 22.5 Å². The Kier molecular flexibility index (Phi) is 3.08. The molecule has 1 aromatic rings.